The predicted molar refractivity (Wildman–Crippen MR) is 125 cm³/mol. The number of amides is 1. The fourth-order valence-electron chi connectivity index (χ4n) is 3.98. The molecule has 1 fully saturated rings. The third-order valence-corrected chi connectivity index (χ3v) is 6.69. The van der Waals surface area contributed by atoms with Crippen LogP contribution in [-0.4, -0.2) is 59.3 Å². The van der Waals surface area contributed by atoms with Crippen LogP contribution in [0.4, 0.5) is 0 Å². The minimum Gasteiger partial charge on any atom is -0.459 e. The summed E-state index contributed by atoms with van der Waals surface area (Å²) >= 11 is 8.04. The highest BCUT2D eigenvalue weighted by Crippen LogP contribution is 2.46. The quantitative estimate of drug-likeness (QED) is 0.597. The largest absolute Gasteiger partial charge is 0.459 e. The number of aliphatic imine (C=N–C) groups is 1. The average Bonchev–Trinajstić information content (AvgIpc) is 3.15. The number of carbonyl (C=O) groups excluding carboxylic acids is 2. The predicted octanol–water partition coefficient (Wildman–Crippen LogP) is 4.12. The van der Waals surface area contributed by atoms with E-state index in [2.05, 4.69) is 4.99 Å². The molecule has 0 radical (unpaired) electrons. The van der Waals surface area contributed by atoms with Gasteiger partial charge in [-0.1, -0.05) is 41.6 Å². The van der Waals surface area contributed by atoms with E-state index in [0.29, 0.717) is 42.6 Å². The highest BCUT2D eigenvalue weighted by molar-refractivity contribution is 8.16. The Labute approximate surface area is 197 Å². The number of morpholine rings is 1. The topological polar surface area (TPSA) is 71.4 Å². The van der Waals surface area contributed by atoms with Crippen molar-refractivity contribution in [3.63, 3.8) is 0 Å². The number of benzene rings is 1. The van der Waals surface area contributed by atoms with Gasteiger partial charge < -0.3 is 19.3 Å². The normalized spacial score (nSPS) is 20.8. The van der Waals surface area contributed by atoms with Gasteiger partial charge in [0.2, 0.25) is 5.91 Å². The highest BCUT2D eigenvalue weighted by atomic mass is 35.5. The summed E-state index contributed by atoms with van der Waals surface area (Å²) in [4.78, 5) is 34.6. The first-order chi connectivity index (χ1) is 15.4. The molecule has 1 atom stereocenters. The van der Waals surface area contributed by atoms with Gasteiger partial charge in [0.25, 0.3) is 0 Å². The van der Waals surface area contributed by atoms with Crippen molar-refractivity contribution in [1.82, 2.24) is 9.80 Å². The molecule has 32 heavy (non-hydrogen) atoms. The Balaban J connectivity index is 1.71. The number of thioether (sulfide) groups is 1. The van der Waals surface area contributed by atoms with Crippen molar-refractivity contribution in [2.75, 3.05) is 26.3 Å². The van der Waals surface area contributed by atoms with Crippen molar-refractivity contribution < 1.29 is 19.1 Å². The van der Waals surface area contributed by atoms with Crippen LogP contribution in [-0.2, 0) is 19.1 Å². The van der Waals surface area contributed by atoms with Crippen LogP contribution in [0.5, 0.6) is 0 Å². The Hall–Kier alpha value is -2.29. The van der Waals surface area contributed by atoms with Crippen molar-refractivity contribution in [1.29, 1.82) is 0 Å². The Kier molecular flexibility index (Phi) is 6.93. The lowest BCUT2D eigenvalue weighted by Gasteiger charge is -2.37. The van der Waals surface area contributed by atoms with Crippen LogP contribution in [0.3, 0.4) is 0 Å². The number of hydrogen-bond donors (Lipinski definition) is 0. The molecule has 170 valence electrons. The van der Waals surface area contributed by atoms with E-state index in [4.69, 9.17) is 21.1 Å². The number of carbonyl (C=O) groups is 2. The standard InChI is InChI=1S/C23H26ClN3O4S/c1-14(2)31-22(29)20-15(3)25-23-27(21(20)17-6-4-5-7-18(17)24)16(13-32-23)12-19(28)26-8-10-30-11-9-26/h4-7,13-14,21H,8-12H2,1-3H3. The molecule has 1 saturated heterocycles. The molecule has 7 nitrogen and oxygen atoms in total. The molecule has 1 amide bonds. The number of amidine groups is 1. The van der Waals surface area contributed by atoms with E-state index in [1.165, 1.54) is 11.8 Å². The Morgan fingerprint density at radius 1 is 1.28 bits per heavy atom. The Morgan fingerprint density at radius 2 is 2.00 bits per heavy atom. The summed E-state index contributed by atoms with van der Waals surface area (Å²) in [6.07, 6.45) is -0.0654. The molecular weight excluding hydrogens is 450 g/mol. The molecule has 9 heteroatoms. The third-order valence-electron chi connectivity index (χ3n) is 5.46. The lowest BCUT2D eigenvalue weighted by atomic mass is 9.93. The maximum atomic E-state index is 13.1. The van der Waals surface area contributed by atoms with Crippen molar-refractivity contribution in [3.05, 3.63) is 57.2 Å². The van der Waals surface area contributed by atoms with Crippen LogP contribution in [0.1, 0.15) is 38.8 Å². The van der Waals surface area contributed by atoms with Gasteiger partial charge in [0.15, 0.2) is 5.17 Å². The molecule has 3 heterocycles. The SMILES string of the molecule is CC1=C(C(=O)OC(C)C)C(c2ccccc2Cl)N2C(CC(=O)N3CCOCC3)=CSC2=N1. The van der Waals surface area contributed by atoms with Gasteiger partial charge in [-0.05, 0) is 37.8 Å². The van der Waals surface area contributed by atoms with Gasteiger partial charge in [-0.15, -0.1) is 0 Å². The molecular formula is C23H26ClN3O4S. The molecule has 0 saturated carbocycles. The molecule has 0 bridgehead atoms. The molecule has 0 aliphatic carbocycles. The number of hydrogen-bond acceptors (Lipinski definition) is 7. The zero-order valence-electron chi connectivity index (χ0n) is 18.3. The summed E-state index contributed by atoms with van der Waals surface area (Å²) in [6, 6.07) is 6.91. The number of nitrogens with zero attached hydrogens (tertiary/aromatic N) is 3. The minimum absolute atomic E-state index is 0.0249. The van der Waals surface area contributed by atoms with Crippen LogP contribution in [0, 0.1) is 0 Å². The van der Waals surface area contributed by atoms with Gasteiger partial charge in [0.1, 0.15) is 0 Å². The Morgan fingerprint density at radius 3 is 2.69 bits per heavy atom. The summed E-state index contributed by atoms with van der Waals surface area (Å²) in [6.45, 7) is 7.69. The molecule has 0 N–H and O–H groups in total. The zero-order valence-corrected chi connectivity index (χ0v) is 19.9. The number of fused-ring (bicyclic) bond motifs is 1. The van der Waals surface area contributed by atoms with E-state index in [0.717, 1.165) is 16.4 Å². The fourth-order valence-corrected chi connectivity index (χ4v) is 5.18. The number of ether oxygens (including phenoxy) is 2. The van der Waals surface area contributed by atoms with Crippen molar-refractivity contribution in [2.24, 2.45) is 4.99 Å². The van der Waals surface area contributed by atoms with Crippen LogP contribution in [0.2, 0.25) is 5.02 Å². The monoisotopic (exact) mass is 475 g/mol. The second-order valence-electron chi connectivity index (χ2n) is 8.04. The summed E-state index contributed by atoms with van der Waals surface area (Å²) in [7, 11) is 0. The summed E-state index contributed by atoms with van der Waals surface area (Å²) in [5.74, 6) is -0.405. The molecule has 3 aliphatic rings. The van der Waals surface area contributed by atoms with Gasteiger partial charge in [-0.3, -0.25) is 4.79 Å². The van der Waals surface area contributed by atoms with Crippen LogP contribution < -0.4 is 0 Å². The van der Waals surface area contributed by atoms with Gasteiger partial charge in [0, 0.05) is 23.8 Å². The van der Waals surface area contributed by atoms with E-state index < -0.39 is 12.0 Å². The van der Waals surface area contributed by atoms with E-state index in [1.807, 2.05) is 54.2 Å². The third kappa shape index (κ3) is 4.58. The first kappa shape index (κ1) is 22.9. The first-order valence-corrected chi connectivity index (χ1v) is 11.9. The van der Waals surface area contributed by atoms with Gasteiger partial charge >= 0.3 is 5.97 Å². The Bertz CT molecular complexity index is 1010. The zero-order chi connectivity index (χ0) is 22.8. The lowest BCUT2D eigenvalue weighted by Crippen LogP contribution is -2.42. The number of rotatable bonds is 5. The fraction of sp³-hybridized carbons (Fsp3) is 0.435. The highest BCUT2D eigenvalue weighted by Gasteiger charge is 2.42. The lowest BCUT2D eigenvalue weighted by molar-refractivity contribution is -0.143. The van der Waals surface area contributed by atoms with Crippen LogP contribution in [0.15, 0.2) is 51.6 Å². The molecule has 1 aromatic carbocycles. The van der Waals surface area contributed by atoms with Crippen molar-refractivity contribution in [3.8, 4) is 0 Å². The maximum absolute atomic E-state index is 13.1. The maximum Gasteiger partial charge on any atom is 0.338 e. The molecule has 3 aliphatic heterocycles. The first-order valence-electron chi connectivity index (χ1n) is 10.6. The van der Waals surface area contributed by atoms with Crippen LogP contribution in [0.25, 0.3) is 0 Å². The van der Waals surface area contributed by atoms with E-state index in [-0.39, 0.29) is 18.4 Å². The van der Waals surface area contributed by atoms with Crippen LogP contribution >= 0.6 is 23.4 Å². The average molecular weight is 476 g/mol. The molecule has 1 unspecified atom stereocenters. The molecule has 1 aromatic rings. The summed E-state index contributed by atoms with van der Waals surface area (Å²) in [5, 5.41) is 3.20. The summed E-state index contributed by atoms with van der Waals surface area (Å²) in [5.41, 5.74) is 2.58. The molecule has 0 spiro atoms. The number of halogens is 1. The van der Waals surface area contributed by atoms with E-state index in [1.54, 1.807) is 6.07 Å². The second-order valence-corrected chi connectivity index (χ2v) is 9.28. The summed E-state index contributed by atoms with van der Waals surface area (Å²) < 4.78 is 10.9. The van der Waals surface area contributed by atoms with Gasteiger partial charge in [-0.25, -0.2) is 9.79 Å². The number of esters is 1. The van der Waals surface area contributed by atoms with Crippen molar-refractivity contribution >= 4 is 40.4 Å². The van der Waals surface area contributed by atoms with Gasteiger partial charge in [0.05, 0.1) is 43.1 Å². The molecule has 0 aromatic heterocycles. The number of allylic oxidation sites excluding steroid dienone is 1. The second kappa shape index (κ2) is 9.68. The van der Waals surface area contributed by atoms with Crippen molar-refractivity contribution in [2.45, 2.75) is 39.3 Å². The van der Waals surface area contributed by atoms with E-state index in [9.17, 15) is 9.59 Å². The smallest absolute Gasteiger partial charge is 0.338 e. The molecule has 4 rings (SSSR count). The van der Waals surface area contributed by atoms with Gasteiger partial charge in [-0.2, -0.15) is 0 Å². The minimum atomic E-state index is -0.527. The van der Waals surface area contributed by atoms with E-state index >= 15 is 0 Å².